The largest absolute Gasteiger partial charge is 0.417 e. The first-order valence-corrected chi connectivity index (χ1v) is 12.1. The zero-order chi connectivity index (χ0) is 23.7. The fourth-order valence-electron chi connectivity index (χ4n) is 3.65. The second-order valence-electron chi connectivity index (χ2n) is 7.63. The summed E-state index contributed by atoms with van der Waals surface area (Å²) in [5.41, 5.74) is -0.0239. The molecule has 0 radical (unpaired) electrons. The van der Waals surface area contributed by atoms with Gasteiger partial charge in [0.05, 0.1) is 22.5 Å². The highest BCUT2D eigenvalue weighted by Gasteiger charge is 2.36. The number of halogens is 4. The van der Waals surface area contributed by atoms with Gasteiger partial charge in [0.2, 0.25) is 15.9 Å². The standard InChI is InChI=1S/C21H23ClF3N3O3S/c1-14(20(29)26-15-5-7-16(8-6-15)27-11-3-4-12-27)28(32(2,30)31)17-9-10-19(22)18(13-17)21(23,24)25/h5-10,13-14H,3-4,11-12H2,1-2H3,(H,26,29)/t14-/m1/s1. The average Bonchev–Trinajstić information content (AvgIpc) is 3.23. The van der Waals surface area contributed by atoms with Gasteiger partial charge in [-0.15, -0.1) is 0 Å². The van der Waals surface area contributed by atoms with Gasteiger partial charge >= 0.3 is 6.18 Å². The molecule has 0 bridgehead atoms. The number of alkyl halides is 3. The number of carbonyl (C=O) groups is 1. The lowest BCUT2D eigenvalue weighted by Gasteiger charge is -2.29. The number of sulfonamides is 1. The number of amides is 1. The van der Waals surface area contributed by atoms with Crippen LogP contribution in [0, 0.1) is 0 Å². The maximum Gasteiger partial charge on any atom is 0.417 e. The molecule has 1 N–H and O–H groups in total. The van der Waals surface area contributed by atoms with Crippen LogP contribution in [0.15, 0.2) is 42.5 Å². The van der Waals surface area contributed by atoms with Gasteiger partial charge in [0.25, 0.3) is 0 Å². The molecule has 6 nitrogen and oxygen atoms in total. The highest BCUT2D eigenvalue weighted by Crippen LogP contribution is 2.37. The summed E-state index contributed by atoms with van der Waals surface area (Å²) in [5, 5.41) is 2.06. The van der Waals surface area contributed by atoms with Crippen LogP contribution in [0.1, 0.15) is 25.3 Å². The zero-order valence-corrected chi connectivity index (χ0v) is 19.1. The van der Waals surface area contributed by atoms with Crippen LogP contribution in [-0.4, -0.2) is 39.7 Å². The smallest absolute Gasteiger partial charge is 0.372 e. The SMILES string of the molecule is C[C@H](C(=O)Nc1ccc(N2CCCC2)cc1)N(c1ccc(Cl)c(C(F)(F)F)c1)S(C)(=O)=O. The molecule has 0 aliphatic carbocycles. The number of carbonyl (C=O) groups excluding carboxylic acids is 1. The van der Waals surface area contributed by atoms with Crippen LogP contribution in [-0.2, 0) is 21.0 Å². The van der Waals surface area contributed by atoms with Crippen molar-refractivity contribution in [2.24, 2.45) is 0 Å². The van der Waals surface area contributed by atoms with Crippen LogP contribution in [0.2, 0.25) is 5.02 Å². The van der Waals surface area contributed by atoms with E-state index in [1.165, 1.54) is 6.92 Å². The van der Waals surface area contributed by atoms with Gasteiger partial charge in [-0.25, -0.2) is 8.42 Å². The number of rotatable bonds is 6. The molecule has 32 heavy (non-hydrogen) atoms. The Morgan fingerprint density at radius 2 is 1.72 bits per heavy atom. The van der Waals surface area contributed by atoms with Crippen LogP contribution in [0.5, 0.6) is 0 Å². The van der Waals surface area contributed by atoms with Gasteiger partial charge in [0.15, 0.2) is 0 Å². The van der Waals surface area contributed by atoms with E-state index in [4.69, 9.17) is 11.6 Å². The van der Waals surface area contributed by atoms with Gasteiger partial charge < -0.3 is 10.2 Å². The summed E-state index contributed by atoms with van der Waals surface area (Å²) in [5.74, 6) is -0.687. The molecular formula is C21H23ClF3N3O3S. The minimum atomic E-state index is -4.78. The summed E-state index contributed by atoms with van der Waals surface area (Å²) >= 11 is 5.64. The van der Waals surface area contributed by atoms with Crippen molar-refractivity contribution in [1.29, 1.82) is 0 Å². The number of hydrogen-bond acceptors (Lipinski definition) is 4. The molecule has 3 rings (SSSR count). The van der Waals surface area contributed by atoms with Gasteiger partial charge in [0.1, 0.15) is 6.04 Å². The maximum atomic E-state index is 13.2. The van der Waals surface area contributed by atoms with E-state index in [1.54, 1.807) is 12.1 Å². The van der Waals surface area contributed by atoms with Crippen LogP contribution >= 0.6 is 11.6 Å². The van der Waals surface area contributed by atoms with E-state index in [-0.39, 0.29) is 5.69 Å². The van der Waals surface area contributed by atoms with Crippen molar-refractivity contribution in [3.05, 3.63) is 53.1 Å². The molecule has 2 aromatic rings. The minimum Gasteiger partial charge on any atom is -0.372 e. The van der Waals surface area contributed by atoms with E-state index < -0.39 is 38.7 Å². The van der Waals surface area contributed by atoms with E-state index in [1.807, 2.05) is 12.1 Å². The Morgan fingerprint density at radius 1 is 1.12 bits per heavy atom. The molecule has 1 aliphatic rings. The van der Waals surface area contributed by atoms with Gasteiger partial charge in [-0.3, -0.25) is 9.10 Å². The first kappa shape index (κ1) is 24.2. The molecule has 0 saturated carbocycles. The highest BCUT2D eigenvalue weighted by molar-refractivity contribution is 7.92. The van der Waals surface area contributed by atoms with Gasteiger partial charge in [-0.2, -0.15) is 13.2 Å². The van der Waals surface area contributed by atoms with Crippen molar-refractivity contribution in [3.8, 4) is 0 Å². The molecular weight excluding hydrogens is 467 g/mol. The lowest BCUT2D eigenvalue weighted by atomic mass is 10.1. The topological polar surface area (TPSA) is 69.7 Å². The molecule has 1 amide bonds. The molecule has 1 fully saturated rings. The second kappa shape index (κ2) is 9.19. The van der Waals surface area contributed by atoms with Crippen molar-refractivity contribution in [2.75, 3.05) is 33.9 Å². The normalized spacial score (nSPS) is 15.5. The summed E-state index contributed by atoms with van der Waals surface area (Å²) in [4.78, 5) is 15.0. The molecule has 0 unspecified atom stereocenters. The Kier molecular flexibility index (Phi) is 6.94. The summed E-state index contributed by atoms with van der Waals surface area (Å²) < 4.78 is 65.2. The molecule has 1 heterocycles. The van der Waals surface area contributed by atoms with Crippen LogP contribution in [0.25, 0.3) is 0 Å². The summed E-state index contributed by atoms with van der Waals surface area (Å²) in [7, 11) is -4.09. The molecule has 1 atom stereocenters. The number of nitrogens with one attached hydrogen (secondary N) is 1. The van der Waals surface area contributed by atoms with Crippen molar-refractivity contribution >= 4 is 44.6 Å². The van der Waals surface area contributed by atoms with E-state index in [0.717, 1.165) is 50.0 Å². The zero-order valence-electron chi connectivity index (χ0n) is 17.5. The molecule has 11 heteroatoms. The molecule has 0 aromatic heterocycles. The monoisotopic (exact) mass is 489 g/mol. The molecule has 1 aliphatic heterocycles. The number of anilines is 3. The third-order valence-electron chi connectivity index (χ3n) is 5.20. The van der Waals surface area contributed by atoms with E-state index in [9.17, 15) is 26.4 Å². The highest BCUT2D eigenvalue weighted by atomic mass is 35.5. The quantitative estimate of drug-likeness (QED) is 0.635. The van der Waals surface area contributed by atoms with Crippen LogP contribution < -0.4 is 14.5 Å². The maximum absolute atomic E-state index is 13.2. The fourth-order valence-corrected chi connectivity index (χ4v) is 5.05. The third kappa shape index (κ3) is 5.47. The van der Waals surface area contributed by atoms with E-state index in [2.05, 4.69) is 10.2 Å². The first-order chi connectivity index (χ1) is 14.9. The Balaban J connectivity index is 1.83. The van der Waals surface area contributed by atoms with E-state index >= 15 is 0 Å². The Bertz CT molecular complexity index is 1090. The summed E-state index contributed by atoms with van der Waals surface area (Å²) in [6.45, 7) is 3.23. The van der Waals surface area contributed by atoms with Crippen LogP contribution in [0.4, 0.5) is 30.2 Å². The van der Waals surface area contributed by atoms with Crippen molar-refractivity contribution < 1.29 is 26.4 Å². The molecule has 0 spiro atoms. The Hall–Kier alpha value is -2.46. The number of hydrogen-bond donors (Lipinski definition) is 1. The minimum absolute atomic E-state index is 0.309. The Labute approximate surface area is 190 Å². The molecule has 2 aromatic carbocycles. The van der Waals surface area contributed by atoms with Gasteiger partial charge in [0, 0.05) is 24.5 Å². The molecule has 174 valence electrons. The summed E-state index contributed by atoms with van der Waals surface area (Å²) in [6, 6.07) is 8.51. The lowest BCUT2D eigenvalue weighted by molar-refractivity contribution is -0.137. The van der Waals surface area contributed by atoms with Gasteiger partial charge in [-0.05, 0) is 62.2 Å². The number of nitrogens with zero attached hydrogens (tertiary/aromatic N) is 2. The second-order valence-corrected chi connectivity index (χ2v) is 9.89. The fraction of sp³-hybridized carbons (Fsp3) is 0.381. The third-order valence-corrected chi connectivity index (χ3v) is 6.78. The van der Waals surface area contributed by atoms with Crippen molar-refractivity contribution in [3.63, 3.8) is 0 Å². The average molecular weight is 490 g/mol. The Morgan fingerprint density at radius 3 is 2.25 bits per heavy atom. The summed E-state index contributed by atoms with van der Waals surface area (Å²) in [6.07, 6.45) is -1.71. The van der Waals surface area contributed by atoms with Crippen molar-refractivity contribution in [2.45, 2.75) is 32.0 Å². The molecule has 1 saturated heterocycles. The van der Waals surface area contributed by atoms with Crippen LogP contribution in [0.3, 0.4) is 0 Å². The van der Waals surface area contributed by atoms with E-state index in [0.29, 0.717) is 16.1 Å². The number of benzene rings is 2. The predicted octanol–water partition coefficient (Wildman–Crippen LogP) is 4.75. The van der Waals surface area contributed by atoms with Crippen molar-refractivity contribution in [1.82, 2.24) is 0 Å². The predicted molar refractivity (Wildman–Crippen MR) is 120 cm³/mol. The lowest BCUT2D eigenvalue weighted by Crippen LogP contribution is -2.45. The first-order valence-electron chi connectivity index (χ1n) is 9.90. The van der Waals surface area contributed by atoms with Gasteiger partial charge in [-0.1, -0.05) is 11.6 Å².